The van der Waals surface area contributed by atoms with Crippen molar-refractivity contribution in [3.63, 3.8) is 0 Å². The van der Waals surface area contributed by atoms with Crippen LogP contribution in [0.3, 0.4) is 0 Å². The van der Waals surface area contributed by atoms with Crippen LogP contribution in [0.2, 0.25) is 0 Å². The zero-order valence-electron chi connectivity index (χ0n) is 15.7. The second-order valence-corrected chi connectivity index (χ2v) is 9.09. The Morgan fingerprint density at radius 2 is 1.64 bits per heavy atom. The van der Waals surface area contributed by atoms with Crippen LogP contribution in [0.4, 0.5) is 0 Å². The maximum absolute atomic E-state index is 12.1. The predicted octanol–water partition coefficient (Wildman–Crippen LogP) is 4.16. The Kier molecular flexibility index (Phi) is 7.54. The number of ketones is 1. The zero-order chi connectivity index (χ0) is 16.8. The normalized spacial score (nSPS) is 18.6. The van der Waals surface area contributed by atoms with Gasteiger partial charge in [-0.05, 0) is 43.7 Å². The largest absolute Gasteiger partial charge is 0.380 e. The lowest BCUT2D eigenvalue weighted by Crippen LogP contribution is -2.37. The summed E-state index contributed by atoms with van der Waals surface area (Å²) >= 11 is 0. The summed E-state index contributed by atoms with van der Waals surface area (Å²) in [4.78, 5) is 14.6. The van der Waals surface area contributed by atoms with E-state index in [1.165, 1.54) is 0 Å². The van der Waals surface area contributed by atoms with Crippen LogP contribution in [-0.2, 0) is 9.53 Å². The lowest BCUT2D eigenvalue weighted by atomic mass is 9.82. The number of rotatable bonds is 7. The molecule has 0 unspecified atom stereocenters. The van der Waals surface area contributed by atoms with Crippen molar-refractivity contribution in [2.75, 3.05) is 32.8 Å². The molecule has 0 spiro atoms. The first kappa shape index (κ1) is 19.6. The Labute approximate surface area is 137 Å². The first-order valence-electron chi connectivity index (χ1n) is 8.91. The molecule has 0 aromatic rings. The highest BCUT2D eigenvalue weighted by molar-refractivity contribution is 5.83. The molecular formula is C19H37NO2. The monoisotopic (exact) mass is 311 g/mol. The molecule has 0 N–H and O–H groups in total. The van der Waals surface area contributed by atoms with Gasteiger partial charge in [-0.3, -0.25) is 4.79 Å². The van der Waals surface area contributed by atoms with Gasteiger partial charge in [-0.2, -0.15) is 0 Å². The van der Waals surface area contributed by atoms with Gasteiger partial charge in [-0.25, -0.2) is 0 Å². The van der Waals surface area contributed by atoms with Crippen LogP contribution >= 0.6 is 0 Å². The SMILES string of the molecule is CC(C)(C)CCOCCN1CCC(CC(=O)C(C)(C)C)CC1. The molecule has 0 atom stereocenters. The molecule has 0 aromatic carbocycles. The minimum absolute atomic E-state index is 0.183. The van der Waals surface area contributed by atoms with E-state index < -0.39 is 0 Å². The van der Waals surface area contributed by atoms with Gasteiger partial charge in [0.05, 0.1) is 6.61 Å². The van der Waals surface area contributed by atoms with Crippen LogP contribution in [-0.4, -0.2) is 43.5 Å². The molecule has 3 nitrogen and oxygen atoms in total. The number of nitrogens with zero attached hydrogens (tertiary/aromatic N) is 1. The zero-order valence-corrected chi connectivity index (χ0v) is 15.7. The summed E-state index contributed by atoms with van der Waals surface area (Å²) in [7, 11) is 0. The Morgan fingerprint density at radius 3 is 2.14 bits per heavy atom. The Bertz CT molecular complexity index is 330. The highest BCUT2D eigenvalue weighted by atomic mass is 16.5. The molecule has 1 heterocycles. The summed E-state index contributed by atoms with van der Waals surface area (Å²) in [6.45, 7) is 17.8. The van der Waals surface area contributed by atoms with Crippen molar-refractivity contribution in [2.45, 2.75) is 67.2 Å². The van der Waals surface area contributed by atoms with Crippen molar-refractivity contribution < 1.29 is 9.53 Å². The topological polar surface area (TPSA) is 29.5 Å². The second-order valence-electron chi connectivity index (χ2n) is 9.09. The molecule has 0 aliphatic carbocycles. The van der Waals surface area contributed by atoms with E-state index in [0.717, 1.165) is 58.5 Å². The third-order valence-corrected chi connectivity index (χ3v) is 4.57. The summed E-state index contributed by atoms with van der Waals surface area (Å²) in [5.41, 5.74) is 0.177. The molecular weight excluding hydrogens is 274 g/mol. The number of Topliss-reactive ketones (excluding diaryl/α,β-unsaturated/α-hetero) is 1. The number of ether oxygens (including phenoxy) is 1. The van der Waals surface area contributed by atoms with E-state index in [4.69, 9.17) is 4.74 Å². The third kappa shape index (κ3) is 8.28. The highest BCUT2D eigenvalue weighted by Gasteiger charge is 2.27. The van der Waals surface area contributed by atoms with Gasteiger partial charge in [-0.1, -0.05) is 41.5 Å². The summed E-state index contributed by atoms with van der Waals surface area (Å²) in [5.74, 6) is 1.00. The fraction of sp³-hybridized carbons (Fsp3) is 0.947. The van der Waals surface area contributed by atoms with Crippen LogP contribution in [0, 0.1) is 16.7 Å². The third-order valence-electron chi connectivity index (χ3n) is 4.57. The minimum Gasteiger partial charge on any atom is -0.380 e. The molecule has 0 radical (unpaired) electrons. The van der Waals surface area contributed by atoms with Gasteiger partial charge in [0, 0.05) is 25.0 Å². The Morgan fingerprint density at radius 1 is 1.05 bits per heavy atom. The van der Waals surface area contributed by atoms with Crippen molar-refractivity contribution in [3.05, 3.63) is 0 Å². The number of hydrogen-bond acceptors (Lipinski definition) is 3. The molecule has 0 aromatic heterocycles. The molecule has 22 heavy (non-hydrogen) atoms. The lowest BCUT2D eigenvalue weighted by molar-refractivity contribution is -0.127. The smallest absolute Gasteiger partial charge is 0.138 e. The van der Waals surface area contributed by atoms with E-state index in [1.54, 1.807) is 0 Å². The summed E-state index contributed by atoms with van der Waals surface area (Å²) < 4.78 is 5.75. The van der Waals surface area contributed by atoms with Gasteiger partial charge in [-0.15, -0.1) is 0 Å². The molecule has 1 aliphatic heterocycles. The maximum atomic E-state index is 12.1. The van der Waals surface area contributed by atoms with Crippen molar-refractivity contribution >= 4 is 5.78 Å². The van der Waals surface area contributed by atoms with Crippen LogP contribution in [0.15, 0.2) is 0 Å². The van der Waals surface area contributed by atoms with Gasteiger partial charge in [0.1, 0.15) is 5.78 Å². The Hall–Kier alpha value is -0.410. The fourth-order valence-electron chi connectivity index (χ4n) is 2.66. The lowest BCUT2D eigenvalue weighted by Gasteiger charge is -2.32. The van der Waals surface area contributed by atoms with Crippen molar-refractivity contribution in [2.24, 2.45) is 16.7 Å². The van der Waals surface area contributed by atoms with E-state index in [1.807, 2.05) is 20.8 Å². The van der Waals surface area contributed by atoms with E-state index in [0.29, 0.717) is 17.1 Å². The highest BCUT2D eigenvalue weighted by Crippen LogP contribution is 2.26. The van der Waals surface area contributed by atoms with Gasteiger partial charge >= 0.3 is 0 Å². The van der Waals surface area contributed by atoms with E-state index in [9.17, 15) is 4.79 Å². The molecule has 130 valence electrons. The summed E-state index contributed by atoms with van der Waals surface area (Å²) in [6.07, 6.45) is 4.19. The van der Waals surface area contributed by atoms with E-state index in [2.05, 4.69) is 25.7 Å². The number of carbonyl (C=O) groups is 1. The molecule has 0 bridgehead atoms. The molecule has 1 rings (SSSR count). The standard InChI is InChI=1S/C19H37NO2/c1-18(2,3)9-13-22-14-12-20-10-7-16(8-11-20)15-17(21)19(4,5)6/h16H,7-15H2,1-6H3. The summed E-state index contributed by atoms with van der Waals surface area (Å²) in [6, 6.07) is 0. The molecule has 1 saturated heterocycles. The van der Waals surface area contributed by atoms with Gasteiger partial charge < -0.3 is 9.64 Å². The second kappa shape index (κ2) is 8.44. The molecule has 0 saturated carbocycles. The molecule has 0 amide bonds. The number of piperidine rings is 1. The minimum atomic E-state index is -0.183. The number of likely N-dealkylation sites (tertiary alicyclic amines) is 1. The maximum Gasteiger partial charge on any atom is 0.138 e. The first-order chi connectivity index (χ1) is 10.1. The number of hydrogen-bond donors (Lipinski definition) is 0. The van der Waals surface area contributed by atoms with Crippen LogP contribution in [0.5, 0.6) is 0 Å². The summed E-state index contributed by atoms with van der Waals surface area (Å²) in [5, 5.41) is 0. The first-order valence-corrected chi connectivity index (χ1v) is 8.91. The van der Waals surface area contributed by atoms with Gasteiger partial charge in [0.2, 0.25) is 0 Å². The van der Waals surface area contributed by atoms with Gasteiger partial charge in [0.25, 0.3) is 0 Å². The van der Waals surface area contributed by atoms with Crippen molar-refractivity contribution in [1.82, 2.24) is 4.90 Å². The van der Waals surface area contributed by atoms with Crippen LogP contribution < -0.4 is 0 Å². The quantitative estimate of drug-likeness (QED) is 0.661. The van der Waals surface area contributed by atoms with E-state index in [-0.39, 0.29) is 5.41 Å². The molecule has 1 fully saturated rings. The predicted molar refractivity (Wildman–Crippen MR) is 93.1 cm³/mol. The van der Waals surface area contributed by atoms with Crippen LogP contribution in [0.25, 0.3) is 0 Å². The molecule has 3 heteroatoms. The fourth-order valence-corrected chi connectivity index (χ4v) is 2.66. The Balaban J connectivity index is 2.12. The molecule has 1 aliphatic rings. The van der Waals surface area contributed by atoms with E-state index >= 15 is 0 Å². The van der Waals surface area contributed by atoms with Gasteiger partial charge in [0.15, 0.2) is 0 Å². The average Bonchev–Trinajstić information content (AvgIpc) is 2.38. The average molecular weight is 312 g/mol. The number of carbonyl (C=O) groups excluding carboxylic acids is 1. The van der Waals surface area contributed by atoms with Crippen molar-refractivity contribution in [1.29, 1.82) is 0 Å². The van der Waals surface area contributed by atoms with Crippen LogP contribution in [0.1, 0.15) is 67.2 Å². The van der Waals surface area contributed by atoms with Crippen molar-refractivity contribution in [3.8, 4) is 0 Å².